The van der Waals surface area contributed by atoms with E-state index in [1.54, 1.807) is 37.4 Å². The van der Waals surface area contributed by atoms with Crippen LogP contribution in [0.15, 0.2) is 41.0 Å². The van der Waals surface area contributed by atoms with Crippen LogP contribution in [0.2, 0.25) is 0 Å². The number of carbonyl (C=O) groups excluding carboxylic acids is 1. The molecule has 1 aromatic carbocycles. The minimum Gasteiger partial charge on any atom is -0.307 e. The van der Waals surface area contributed by atoms with Crippen molar-refractivity contribution in [2.75, 3.05) is 5.32 Å². The lowest BCUT2D eigenvalue weighted by Crippen LogP contribution is -2.13. The third kappa shape index (κ3) is 2.92. The van der Waals surface area contributed by atoms with Gasteiger partial charge in [-0.2, -0.15) is 0 Å². The van der Waals surface area contributed by atoms with E-state index in [0.717, 1.165) is 4.47 Å². The zero-order chi connectivity index (χ0) is 13.1. The predicted octanol–water partition coefficient (Wildman–Crippen LogP) is 3.54. The van der Waals surface area contributed by atoms with Crippen molar-refractivity contribution < 1.29 is 9.18 Å². The van der Waals surface area contributed by atoms with Crippen molar-refractivity contribution in [3.05, 3.63) is 57.9 Å². The van der Waals surface area contributed by atoms with Crippen LogP contribution in [-0.2, 0) is 0 Å². The first-order chi connectivity index (χ1) is 8.56. The number of nitrogens with one attached hydrogen (secondary N) is 1. The number of hydrogen-bond acceptors (Lipinski definition) is 2. The van der Waals surface area contributed by atoms with Crippen molar-refractivity contribution in [2.45, 2.75) is 6.92 Å². The van der Waals surface area contributed by atoms with Gasteiger partial charge in [0.1, 0.15) is 11.6 Å². The first-order valence-electron chi connectivity index (χ1n) is 5.25. The average Bonchev–Trinajstić information content (AvgIpc) is 2.35. The summed E-state index contributed by atoms with van der Waals surface area (Å²) in [6, 6.07) is 7.78. The molecule has 0 aliphatic carbocycles. The molecule has 5 heteroatoms. The van der Waals surface area contributed by atoms with E-state index >= 15 is 0 Å². The SMILES string of the molecule is Cc1ccc(C(=O)Nc2ccc(Br)cn2)cc1F. The predicted molar refractivity (Wildman–Crippen MR) is 71.0 cm³/mol. The number of benzene rings is 1. The van der Waals surface area contributed by atoms with Crippen LogP contribution in [0.5, 0.6) is 0 Å². The summed E-state index contributed by atoms with van der Waals surface area (Å²) < 4.78 is 14.2. The fraction of sp³-hybridized carbons (Fsp3) is 0.0769. The molecule has 0 bridgehead atoms. The number of carbonyl (C=O) groups is 1. The Morgan fingerprint density at radius 1 is 1.33 bits per heavy atom. The summed E-state index contributed by atoms with van der Waals surface area (Å²) in [6.45, 7) is 1.65. The molecule has 0 atom stereocenters. The highest BCUT2D eigenvalue weighted by Crippen LogP contribution is 2.13. The Balaban J connectivity index is 2.16. The summed E-state index contributed by atoms with van der Waals surface area (Å²) in [5.74, 6) is -0.362. The molecule has 0 unspecified atom stereocenters. The van der Waals surface area contributed by atoms with E-state index in [1.807, 2.05) is 0 Å². The minimum absolute atomic E-state index is 0.266. The maximum Gasteiger partial charge on any atom is 0.256 e. The molecule has 0 radical (unpaired) electrons. The van der Waals surface area contributed by atoms with Gasteiger partial charge in [-0.1, -0.05) is 6.07 Å². The second-order valence-electron chi connectivity index (χ2n) is 3.78. The van der Waals surface area contributed by atoms with Gasteiger partial charge in [0.05, 0.1) is 0 Å². The van der Waals surface area contributed by atoms with Gasteiger partial charge in [-0.25, -0.2) is 9.37 Å². The fourth-order valence-electron chi connectivity index (χ4n) is 1.37. The normalized spacial score (nSPS) is 10.2. The number of halogens is 2. The topological polar surface area (TPSA) is 42.0 Å². The molecular weight excluding hydrogens is 299 g/mol. The van der Waals surface area contributed by atoms with Gasteiger partial charge in [0.15, 0.2) is 0 Å². The number of amides is 1. The highest BCUT2D eigenvalue weighted by atomic mass is 79.9. The van der Waals surface area contributed by atoms with Crippen molar-refractivity contribution in [1.82, 2.24) is 4.98 Å². The molecule has 3 nitrogen and oxygen atoms in total. The Kier molecular flexibility index (Phi) is 3.72. The van der Waals surface area contributed by atoms with E-state index in [4.69, 9.17) is 0 Å². The molecule has 92 valence electrons. The third-order valence-electron chi connectivity index (χ3n) is 2.40. The van der Waals surface area contributed by atoms with Crippen molar-refractivity contribution in [1.29, 1.82) is 0 Å². The lowest BCUT2D eigenvalue weighted by Gasteiger charge is -2.05. The average molecular weight is 309 g/mol. The van der Waals surface area contributed by atoms with Gasteiger partial charge in [-0.15, -0.1) is 0 Å². The van der Waals surface area contributed by atoms with E-state index in [-0.39, 0.29) is 11.5 Å². The number of pyridine rings is 1. The Morgan fingerprint density at radius 3 is 2.72 bits per heavy atom. The quantitative estimate of drug-likeness (QED) is 0.922. The van der Waals surface area contributed by atoms with Gasteiger partial charge < -0.3 is 5.32 Å². The van der Waals surface area contributed by atoms with E-state index in [0.29, 0.717) is 11.4 Å². The van der Waals surface area contributed by atoms with E-state index in [9.17, 15) is 9.18 Å². The molecule has 0 aliphatic heterocycles. The number of rotatable bonds is 2. The van der Waals surface area contributed by atoms with Gasteiger partial charge in [0.25, 0.3) is 5.91 Å². The van der Waals surface area contributed by atoms with Gasteiger partial charge in [0, 0.05) is 16.2 Å². The Bertz CT molecular complexity index is 584. The number of nitrogens with zero attached hydrogens (tertiary/aromatic N) is 1. The lowest BCUT2D eigenvalue weighted by molar-refractivity contribution is 0.102. The molecule has 18 heavy (non-hydrogen) atoms. The Morgan fingerprint density at radius 2 is 2.11 bits per heavy atom. The second kappa shape index (κ2) is 5.27. The van der Waals surface area contributed by atoms with Crippen molar-refractivity contribution in [3.8, 4) is 0 Å². The third-order valence-corrected chi connectivity index (χ3v) is 2.87. The summed E-state index contributed by atoms with van der Waals surface area (Å²) in [5.41, 5.74) is 0.774. The van der Waals surface area contributed by atoms with Crippen molar-refractivity contribution in [3.63, 3.8) is 0 Å². The number of anilines is 1. The molecule has 2 aromatic rings. The summed E-state index contributed by atoms with van der Waals surface area (Å²) >= 11 is 3.25. The molecule has 1 N–H and O–H groups in total. The molecule has 1 amide bonds. The van der Waals surface area contributed by atoms with Crippen LogP contribution >= 0.6 is 15.9 Å². The number of aromatic nitrogens is 1. The Labute approximate surface area is 112 Å². The van der Waals surface area contributed by atoms with Crippen LogP contribution < -0.4 is 5.32 Å². The fourth-order valence-corrected chi connectivity index (χ4v) is 1.61. The lowest BCUT2D eigenvalue weighted by atomic mass is 10.1. The first-order valence-corrected chi connectivity index (χ1v) is 6.04. The van der Waals surface area contributed by atoms with Crippen molar-refractivity contribution >= 4 is 27.7 Å². The molecule has 1 heterocycles. The van der Waals surface area contributed by atoms with Gasteiger partial charge in [0.2, 0.25) is 0 Å². The minimum atomic E-state index is -0.397. The van der Waals surface area contributed by atoms with Gasteiger partial charge in [-0.05, 0) is 52.7 Å². The summed E-state index contributed by atoms with van der Waals surface area (Å²) in [4.78, 5) is 15.8. The first kappa shape index (κ1) is 12.7. The summed E-state index contributed by atoms with van der Waals surface area (Å²) in [5, 5.41) is 2.59. The molecule has 0 aliphatic rings. The monoisotopic (exact) mass is 308 g/mol. The Hall–Kier alpha value is -1.75. The van der Waals surface area contributed by atoms with Crippen molar-refractivity contribution in [2.24, 2.45) is 0 Å². The summed E-state index contributed by atoms with van der Waals surface area (Å²) in [7, 11) is 0. The highest BCUT2D eigenvalue weighted by molar-refractivity contribution is 9.10. The van der Waals surface area contributed by atoms with Gasteiger partial charge >= 0.3 is 0 Å². The van der Waals surface area contributed by atoms with Crippen LogP contribution in [-0.4, -0.2) is 10.9 Å². The molecule has 2 rings (SSSR count). The zero-order valence-electron chi connectivity index (χ0n) is 9.58. The number of aryl methyl sites for hydroxylation is 1. The molecular formula is C13H10BrFN2O. The maximum atomic E-state index is 13.3. The van der Waals surface area contributed by atoms with E-state index in [2.05, 4.69) is 26.2 Å². The number of hydrogen-bond donors (Lipinski definition) is 1. The van der Waals surface area contributed by atoms with E-state index < -0.39 is 5.82 Å². The molecule has 0 saturated heterocycles. The maximum absolute atomic E-state index is 13.3. The van der Waals surface area contributed by atoms with Crippen LogP contribution in [0, 0.1) is 12.7 Å². The van der Waals surface area contributed by atoms with Crippen LogP contribution in [0.4, 0.5) is 10.2 Å². The van der Waals surface area contributed by atoms with E-state index in [1.165, 1.54) is 6.07 Å². The van der Waals surface area contributed by atoms with Crippen LogP contribution in [0.3, 0.4) is 0 Å². The zero-order valence-corrected chi connectivity index (χ0v) is 11.2. The van der Waals surface area contributed by atoms with Crippen LogP contribution in [0.25, 0.3) is 0 Å². The van der Waals surface area contributed by atoms with Gasteiger partial charge in [-0.3, -0.25) is 4.79 Å². The molecule has 0 saturated carbocycles. The molecule has 0 spiro atoms. The smallest absolute Gasteiger partial charge is 0.256 e. The highest BCUT2D eigenvalue weighted by Gasteiger charge is 2.08. The second-order valence-corrected chi connectivity index (χ2v) is 4.70. The van der Waals surface area contributed by atoms with Crippen LogP contribution in [0.1, 0.15) is 15.9 Å². The standard InChI is InChI=1S/C13H10BrFN2O/c1-8-2-3-9(6-11(8)15)13(18)17-12-5-4-10(14)7-16-12/h2-7H,1H3,(H,16,17,18). The molecule has 1 aromatic heterocycles. The molecule has 0 fully saturated rings. The summed E-state index contributed by atoms with van der Waals surface area (Å²) in [6.07, 6.45) is 1.57. The largest absolute Gasteiger partial charge is 0.307 e.